The zero-order valence-electron chi connectivity index (χ0n) is 14.6. The first-order chi connectivity index (χ1) is 13.5. The Balaban J connectivity index is 1.53. The number of carbonyl (C=O) groups excluding carboxylic acids is 4. The van der Waals surface area contributed by atoms with Crippen molar-refractivity contribution >= 4 is 29.3 Å². The summed E-state index contributed by atoms with van der Waals surface area (Å²) in [5, 5.41) is 14.0. The van der Waals surface area contributed by atoms with Gasteiger partial charge in [-0.1, -0.05) is 0 Å². The van der Waals surface area contributed by atoms with Gasteiger partial charge in [0.2, 0.25) is 11.8 Å². The van der Waals surface area contributed by atoms with E-state index in [1.165, 1.54) is 17.2 Å². The number of nitrogens with zero attached hydrogens (tertiary/aromatic N) is 2. The second-order valence-corrected chi connectivity index (χ2v) is 6.60. The molecule has 2 aromatic rings. The number of aromatic amines is 1. The number of aromatic nitrogens is 1. The number of fused-ring (bicyclic) bond motifs is 1. The number of nitriles is 1. The summed E-state index contributed by atoms with van der Waals surface area (Å²) in [6, 6.07) is 7.62. The third-order valence-electron chi connectivity index (χ3n) is 4.88. The summed E-state index contributed by atoms with van der Waals surface area (Å²) < 4.78 is 0. The molecule has 2 aliphatic heterocycles. The number of benzene rings is 1. The van der Waals surface area contributed by atoms with Gasteiger partial charge in [0.05, 0.1) is 5.56 Å². The minimum absolute atomic E-state index is 0.157. The summed E-state index contributed by atoms with van der Waals surface area (Å²) in [6.45, 7) is 0.218. The van der Waals surface area contributed by atoms with Gasteiger partial charge in [0.25, 0.3) is 11.8 Å². The molecule has 0 saturated carbocycles. The maximum absolute atomic E-state index is 12.7. The summed E-state index contributed by atoms with van der Waals surface area (Å²) in [7, 11) is 0. The van der Waals surface area contributed by atoms with Crippen molar-refractivity contribution in [3.8, 4) is 6.07 Å². The van der Waals surface area contributed by atoms with E-state index in [-0.39, 0.29) is 42.5 Å². The van der Waals surface area contributed by atoms with Crippen molar-refractivity contribution in [3.05, 3.63) is 52.8 Å². The normalized spacial score (nSPS) is 18.5. The van der Waals surface area contributed by atoms with E-state index < -0.39 is 17.9 Å². The van der Waals surface area contributed by atoms with Crippen LogP contribution in [0.25, 0.3) is 0 Å². The first kappa shape index (κ1) is 17.5. The molecule has 0 aliphatic carbocycles. The van der Waals surface area contributed by atoms with E-state index >= 15 is 0 Å². The fraction of sp³-hybridized carbons (Fsp3) is 0.211. The molecule has 1 unspecified atom stereocenters. The first-order valence-corrected chi connectivity index (χ1v) is 8.64. The highest BCUT2D eigenvalue weighted by Gasteiger charge is 2.39. The molecule has 1 aromatic heterocycles. The summed E-state index contributed by atoms with van der Waals surface area (Å²) in [4.78, 5) is 52.6. The Kier molecular flexibility index (Phi) is 4.16. The lowest BCUT2D eigenvalue weighted by atomic mass is 10.0. The second kappa shape index (κ2) is 6.66. The molecule has 1 aromatic carbocycles. The van der Waals surface area contributed by atoms with Crippen molar-refractivity contribution in [2.24, 2.45) is 0 Å². The highest BCUT2D eigenvalue weighted by atomic mass is 16.2. The lowest BCUT2D eigenvalue weighted by molar-refractivity contribution is -0.136. The summed E-state index contributed by atoms with van der Waals surface area (Å²) >= 11 is 0. The highest BCUT2D eigenvalue weighted by Crippen LogP contribution is 2.29. The van der Waals surface area contributed by atoms with Crippen LogP contribution in [0.3, 0.4) is 0 Å². The van der Waals surface area contributed by atoms with Crippen LogP contribution in [0.1, 0.15) is 44.8 Å². The van der Waals surface area contributed by atoms with E-state index in [2.05, 4.69) is 15.6 Å². The van der Waals surface area contributed by atoms with Gasteiger partial charge >= 0.3 is 0 Å². The number of piperidine rings is 1. The molecule has 4 amide bonds. The Labute approximate surface area is 159 Å². The predicted octanol–water partition coefficient (Wildman–Crippen LogP) is 0.900. The number of H-pyrrole nitrogens is 1. The molecule has 1 fully saturated rings. The van der Waals surface area contributed by atoms with E-state index in [9.17, 15) is 19.2 Å². The third-order valence-corrected chi connectivity index (χ3v) is 4.88. The predicted molar refractivity (Wildman–Crippen MR) is 95.9 cm³/mol. The third kappa shape index (κ3) is 2.91. The Morgan fingerprint density at radius 2 is 2.07 bits per heavy atom. The summed E-state index contributed by atoms with van der Waals surface area (Å²) in [5.74, 6) is -1.55. The number of hydrogen-bond acceptors (Lipinski definition) is 5. The Hall–Kier alpha value is -3.93. The molecular weight excluding hydrogens is 362 g/mol. The number of rotatable bonds is 3. The zero-order chi connectivity index (χ0) is 19.8. The average Bonchev–Trinajstić information content (AvgIpc) is 3.26. The smallest absolute Gasteiger partial charge is 0.273 e. The molecule has 1 atom stereocenters. The standard InChI is InChI=1S/C19H15N5O4/c20-8-10-5-6-21-16(10)18(27)22-12-1-2-13-11(7-12)9-24(19(13)28)14-3-4-15(25)23-17(14)26/h1-2,5-7,14,21H,3-4,9H2,(H,22,27)(H,23,25,26). The van der Waals surface area contributed by atoms with Gasteiger partial charge in [0, 0.05) is 30.4 Å². The Morgan fingerprint density at radius 3 is 2.82 bits per heavy atom. The molecule has 140 valence electrons. The minimum atomic E-state index is -0.687. The quantitative estimate of drug-likeness (QED) is 0.683. The molecule has 0 spiro atoms. The number of carbonyl (C=O) groups is 4. The molecule has 9 heteroatoms. The SMILES string of the molecule is N#Cc1cc[nH]c1C(=O)Nc1ccc2c(c1)CN(C1CCC(=O)NC1=O)C2=O. The van der Waals surface area contributed by atoms with Crippen molar-refractivity contribution in [3.63, 3.8) is 0 Å². The molecule has 1 saturated heterocycles. The number of imide groups is 1. The molecule has 4 rings (SSSR count). The van der Waals surface area contributed by atoms with Crippen LogP contribution in [-0.4, -0.2) is 39.6 Å². The Morgan fingerprint density at radius 1 is 1.25 bits per heavy atom. The van der Waals surface area contributed by atoms with E-state index in [1.807, 2.05) is 6.07 Å². The number of nitrogens with one attached hydrogen (secondary N) is 3. The maximum atomic E-state index is 12.7. The maximum Gasteiger partial charge on any atom is 0.273 e. The van der Waals surface area contributed by atoms with Gasteiger partial charge in [-0.25, -0.2) is 0 Å². The van der Waals surface area contributed by atoms with Crippen molar-refractivity contribution in [2.75, 3.05) is 5.32 Å². The van der Waals surface area contributed by atoms with Crippen LogP contribution in [-0.2, 0) is 16.1 Å². The first-order valence-electron chi connectivity index (χ1n) is 8.64. The van der Waals surface area contributed by atoms with Gasteiger partial charge in [-0.15, -0.1) is 0 Å². The second-order valence-electron chi connectivity index (χ2n) is 6.60. The van der Waals surface area contributed by atoms with Crippen molar-refractivity contribution < 1.29 is 19.2 Å². The summed E-state index contributed by atoms with van der Waals surface area (Å²) in [5.41, 5.74) is 2.00. The number of anilines is 1. The van der Waals surface area contributed by atoms with Crippen LogP contribution in [0.2, 0.25) is 0 Å². The molecule has 28 heavy (non-hydrogen) atoms. The number of hydrogen-bond donors (Lipinski definition) is 3. The Bertz CT molecular complexity index is 1060. The number of amides is 4. The fourth-order valence-electron chi connectivity index (χ4n) is 3.50. The molecule has 9 nitrogen and oxygen atoms in total. The lowest BCUT2D eigenvalue weighted by Gasteiger charge is -2.29. The van der Waals surface area contributed by atoms with Gasteiger partial charge in [0.15, 0.2) is 0 Å². The zero-order valence-corrected chi connectivity index (χ0v) is 14.6. The van der Waals surface area contributed by atoms with E-state index in [4.69, 9.17) is 5.26 Å². The fourth-order valence-corrected chi connectivity index (χ4v) is 3.50. The topological polar surface area (TPSA) is 135 Å². The van der Waals surface area contributed by atoms with Crippen LogP contribution in [0, 0.1) is 11.3 Å². The molecule has 0 radical (unpaired) electrons. The van der Waals surface area contributed by atoms with E-state index in [0.717, 1.165) is 0 Å². The molecule has 0 bridgehead atoms. The van der Waals surface area contributed by atoms with Crippen LogP contribution >= 0.6 is 0 Å². The van der Waals surface area contributed by atoms with Gasteiger partial charge in [-0.2, -0.15) is 5.26 Å². The highest BCUT2D eigenvalue weighted by molar-refractivity contribution is 6.07. The van der Waals surface area contributed by atoms with Crippen molar-refractivity contribution in [1.82, 2.24) is 15.2 Å². The molecule has 2 aliphatic rings. The average molecular weight is 377 g/mol. The molecular formula is C19H15N5O4. The largest absolute Gasteiger partial charge is 0.356 e. The van der Waals surface area contributed by atoms with Crippen LogP contribution in [0.5, 0.6) is 0 Å². The van der Waals surface area contributed by atoms with Gasteiger partial charge < -0.3 is 15.2 Å². The monoisotopic (exact) mass is 377 g/mol. The van der Waals surface area contributed by atoms with E-state index in [1.54, 1.807) is 18.2 Å². The molecule has 3 heterocycles. The lowest BCUT2D eigenvalue weighted by Crippen LogP contribution is -2.52. The van der Waals surface area contributed by atoms with Gasteiger partial charge in [0.1, 0.15) is 17.8 Å². The van der Waals surface area contributed by atoms with Crippen LogP contribution in [0.15, 0.2) is 30.5 Å². The minimum Gasteiger partial charge on any atom is -0.356 e. The van der Waals surface area contributed by atoms with Crippen LogP contribution < -0.4 is 10.6 Å². The van der Waals surface area contributed by atoms with E-state index in [0.29, 0.717) is 16.8 Å². The van der Waals surface area contributed by atoms with Crippen molar-refractivity contribution in [1.29, 1.82) is 5.26 Å². The van der Waals surface area contributed by atoms with Gasteiger partial charge in [-0.3, -0.25) is 24.5 Å². The summed E-state index contributed by atoms with van der Waals surface area (Å²) in [6.07, 6.45) is 1.99. The van der Waals surface area contributed by atoms with Gasteiger partial charge in [-0.05, 0) is 36.2 Å². The van der Waals surface area contributed by atoms with Crippen LogP contribution in [0.4, 0.5) is 5.69 Å². The van der Waals surface area contributed by atoms with Crippen molar-refractivity contribution in [2.45, 2.75) is 25.4 Å². The molecule has 3 N–H and O–H groups in total.